The molecule has 0 aromatic heterocycles. The van der Waals surface area contributed by atoms with E-state index in [-0.39, 0.29) is 0 Å². The lowest BCUT2D eigenvalue weighted by Crippen LogP contribution is -2.72. The largest absolute Gasteiger partial charge is 0.380 e. The third-order valence-electron chi connectivity index (χ3n) is 1.89. The molecule has 2 nitrogen and oxygen atoms in total. The molecule has 0 aromatic carbocycles. The first kappa shape index (κ1) is 5.71. The van der Waals surface area contributed by atoms with Gasteiger partial charge in [0.25, 0.3) is 0 Å². The van der Waals surface area contributed by atoms with Gasteiger partial charge in [-0.05, 0) is 5.57 Å². The smallest absolute Gasteiger partial charge is 0.180 e. The number of dihydropyridines is 1. The van der Waals surface area contributed by atoms with Crippen molar-refractivity contribution in [1.82, 2.24) is 5.32 Å². The maximum atomic E-state index is 3.33. The summed E-state index contributed by atoms with van der Waals surface area (Å²) in [5.41, 5.74) is 2.80. The van der Waals surface area contributed by atoms with E-state index in [1.165, 1.54) is 11.3 Å². The van der Waals surface area contributed by atoms with E-state index in [0.29, 0.717) is 0 Å². The lowest BCUT2D eigenvalue weighted by Gasteiger charge is -2.15. The summed E-state index contributed by atoms with van der Waals surface area (Å²) in [6.45, 7) is 1.96. The Kier molecular flexibility index (Phi) is 1.31. The molecule has 0 amide bonds. The van der Waals surface area contributed by atoms with Crippen LogP contribution in [0.2, 0.25) is 0 Å². The first-order valence-electron chi connectivity index (χ1n) is 3.64. The van der Waals surface area contributed by atoms with Gasteiger partial charge in [0.15, 0.2) is 6.54 Å². The molecule has 0 fully saturated rings. The van der Waals surface area contributed by atoms with Crippen LogP contribution in [0.4, 0.5) is 0 Å². The van der Waals surface area contributed by atoms with Gasteiger partial charge in [-0.25, -0.2) is 4.99 Å². The van der Waals surface area contributed by atoms with Crippen molar-refractivity contribution in [3.05, 3.63) is 23.4 Å². The SMILES string of the molecule is C1=CC2=C(C[NH+]=CC2)NC1. The van der Waals surface area contributed by atoms with Crippen molar-refractivity contribution < 1.29 is 4.99 Å². The van der Waals surface area contributed by atoms with Gasteiger partial charge in [-0.3, -0.25) is 0 Å². The zero-order valence-corrected chi connectivity index (χ0v) is 5.85. The highest BCUT2D eigenvalue weighted by Gasteiger charge is 2.12. The topological polar surface area (TPSA) is 26.0 Å². The van der Waals surface area contributed by atoms with Crippen molar-refractivity contribution in [3.8, 4) is 0 Å². The molecule has 2 N–H and O–H groups in total. The van der Waals surface area contributed by atoms with Gasteiger partial charge in [0, 0.05) is 6.54 Å². The van der Waals surface area contributed by atoms with E-state index in [9.17, 15) is 0 Å². The highest BCUT2D eigenvalue weighted by atomic mass is 14.9. The first-order chi connectivity index (χ1) is 4.97. The van der Waals surface area contributed by atoms with Crippen LogP contribution >= 0.6 is 0 Å². The Bertz CT molecular complexity index is 223. The van der Waals surface area contributed by atoms with Gasteiger partial charge in [0.2, 0.25) is 0 Å². The van der Waals surface area contributed by atoms with E-state index in [4.69, 9.17) is 0 Å². The Morgan fingerprint density at radius 3 is 3.40 bits per heavy atom. The average molecular weight is 135 g/mol. The maximum Gasteiger partial charge on any atom is 0.180 e. The summed E-state index contributed by atoms with van der Waals surface area (Å²) in [6, 6.07) is 0. The predicted octanol–water partition coefficient (Wildman–Crippen LogP) is -1.04. The van der Waals surface area contributed by atoms with Gasteiger partial charge in [-0.2, -0.15) is 0 Å². The van der Waals surface area contributed by atoms with Crippen molar-refractivity contribution in [1.29, 1.82) is 0 Å². The minimum absolute atomic E-state index is 0.972. The third-order valence-corrected chi connectivity index (χ3v) is 1.89. The summed E-state index contributed by atoms with van der Waals surface area (Å²) in [5.74, 6) is 0. The molecular formula is C8H11N2+. The summed E-state index contributed by atoms with van der Waals surface area (Å²) in [7, 11) is 0. The number of nitrogens with one attached hydrogen (secondary N) is 2. The van der Waals surface area contributed by atoms with Gasteiger partial charge >= 0.3 is 0 Å². The average Bonchev–Trinajstić information content (AvgIpc) is 2.05. The minimum atomic E-state index is 0.972. The molecule has 0 unspecified atom stereocenters. The van der Waals surface area contributed by atoms with Crippen molar-refractivity contribution in [2.75, 3.05) is 13.1 Å². The van der Waals surface area contributed by atoms with Crippen molar-refractivity contribution in [2.24, 2.45) is 0 Å². The Balaban J connectivity index is 2.25. The van der Waals surface area contributed by atoms with E-state index in [1.54, 1.807) is 0 Å². The van der Waals surface area contributed by atoms with Crippen LogP contribution in [0.1, 0.15) is 6.42 Å². The van der Waals surface area contributed by atoms with Crippen molar-refractivity contribution in [3.63, 3.8) is 0 Å². The fourth-order valence-corrected chi connectivity index (χ4v) is 1.32. The molecule has 0 aromatic rings. The van der Waals surface area contributed by atoms with Crippen LogP contribution in [0.25, 0.3) is 0 Å². The van der Waals surface area contributed by atoms with Crippen LogP contribution in [-0.2, 0) is 0 Å². The van der Waals surface area contributed by atoms with Crippen LogP contribution in [-0.4, -0.2) is 19.3 Å². The van der Waals surface area contributed by atoms with E-state index in [0.717, 1.165) is 19.5 Å². The molecule has 10 heavy (non-hydrogen) atoms. The molecule has 0 saturated heterocycles. The second kappa shape index (κ2) is 2.29. The quantitative estimate of drug-likeness (QED) is 0.436. The van der Waals surface area contributed by atoms with E-state index >= 15 is 0 Å². The zero-order valence-electron chi connectivity index (χ0n) is 5.85. The first-order valence-corrected chi connectivity index (χ1v) is 3.64. The van der Waals surface area contributed by atoms with Gasteiger partial charge < -0.3 is 5.32 Å². The standard InChI is InChI=1S/C8H10N2/c1-2-7-3-5-9-6-8(7)10-4-1/h1-2,5,10H,3-4,6H2/p+1. The number of rotatable bonds is 0. The van der Waals surface area contributed by atoms with Crippen molar-refractivity contribution >= 4 is 6.21 Å². The predicted molar refractivity (Wildman–Crippen MR) is 40.7 cm³/mol. The highest BCUT2D eigenvalue weighted by Crippen LogP contribution is 2.09. The minimum Gasteiger partial charge on any atom is -0.380 e. The second-order valence-electron chi connectivity index (χ2n) is 2.58. The monoisotopic (exact) mass is 135 g/mol. The van der Waals surface area contributed by atoms with Crippen molar-refractivity contribution in [2.45, 2.75) is 6.42 Å². The zero-order chi connectivity index (χ0) is 6.81. The molecule has 2 heterocycles. The van der Waals surface area contributed by atoms with Gasteiger partial charge in [-0.1, -0.05) is 12.2 Å². The van der Waals surface area contributed by atoms with Crippen LogP contribution in [0, 0.1) is 0 Å². The number of hydrogen-bond donors (Lipinski definition) is 2. The highest BCUT2D eigenvalue weighted by molar-refractivity contribution is 5.59. The Hall–Kier alpha value is -1.05. The molecule has 2 heteroatoms. The third kappa shape index (κ3) is 0.856. The Morgan fingerprint density at radius 1 is 1.50 bits per heavy atom. The molecule has 0 bridgehead atoms. The molecule has 0 atom stereocenters. The summed E-state index contributed by atoms with van der Waals surface area (Å²) < 4.78 is 0. The lowest BCUT2D eigenvalue weighted by molar-refractivity contribution is -0.445. The molecule has 2 aliphatic rings. The molecule has 0 aliphatic carbocycles. The van der Waals surface area contributed by atoms with Gasteiger partial charge in [0.1, 0.15) is 6.21 Å². The molecular weight excluding hydrogens is 124 g/mol. The van der Waals surface area contributed by atoms with E-state index < -0.39 is 0 Å². The molecule has 0 radical (unpaired) electrons. The summed E-state index contributed by atoms with van der Waals surface area (Å²) in [5, 5.41) is 3.33. The van der Waals surface area contributed by atoms with Gasteiger partial charge in [-0.15, -0.1) is 0 Å². The van der Waals surface area contributed by atoms with Crippen LogP contribution in [0.15, 0.2) is 23.4 Å². The molecule has 2 rings (SSSR count). The molecule has 0 saturated carbocycles. The van der Waals surface area contributed by atoms with E-state index in [1.807, 2.05) is 0 Å². The Morgan fingerprint density at radius 2 is 2.50 bits per heavy atom. The maximum absolute atomic E-state index is 3.33. The fourth-order valence-electron chi connectivity index (χ4n) is 1.32. The second-order valence-corrected chi connectivity index (χ2v) is 2.58. The summed E-state index contributed by atoms with van der Waals surface area (Å²) in [4.78, 5) is 3.20. The normalized spacial score (nSPS) is 22.4. The summed E-state index contributed by atoms with van der Waals surface area (Å²) in [6.07, 6.45) is 7.54. The van der Waals surface area contributed by atoms with Crippen LogP contribution in [0.3, 0.4) is 0 Å². The molecule has 0 spiro atoms. The Labute approximate surface area is 60.3 Å². The molecule has 52 valence electrons. The fraction of sp³-hybridized carbons (Fsp3) is 0.375. The lowest BCUT2D eigenvalue weighted by atomic mass is 10.1. The van der Waals surface area contributed by atoms with Gasteiger partial charge in [0.05, 0.1) is 12.1 Å². The van der Waals surface area contributed by atoms with E-state index in [2.05, 4.69) is 28.7 Å². The molecule has 2 aliphatic heterocycles. The number of hydrogen-bond acceptors (Lipinski definition) is 1. The van der Waals surface area contributed by atoms with Crippen LogP contribution < -0.4 is 10.3 Å². The number of allylic oxidation sites excluding steroid dienone is 2. The van der Waals surface area contributed by atoms with Crippen LogP contribution in [0.5, 0.6) is 0 Å². The summed E-state index contributed by atoms with van der Waals surface area (Å²) >= 11 is 0.